The molecule has 2 nitrogen and oxygen atoms in total. The minimum atomic E-state index is 0.582. The fourth-order valence-corrected chi connectivity index (χ4v) is 2.46. The van der Waals surface area contributed by atoms with Gasteiger partial charge in [-0.2, -0.15) is 0 Å². The van der Waals surface area contributed by atoms with Crippen LogP contribution in [0.5, 0.6) is 0 Å². The lowest BCUT2D eigenvalue weighted by Crippen LogP contribution is -1.98. The number of aryl methyl sites for hydroxylation is 1. The average Bonchev–Trinajstić information content (AvgIpc) is 2.60. The number of nitrogens with one attached hydrogen (secondary N) is 1. The van der Waals surface area contributed by atoms with Crippen molar-refractivity contribution in [2.45, 2.75) is 19.8 Å². The first-order chi connectivity index (χ1) is 8.11. The van der Waals surface area contributed by atoms with Crippen molar-refractivity contribution in [1.29, 1.82) is 0 Å². The summed E-state index contributed by atoms with van der Waals surface area (Å²) in [5.74, 6) is 0. The van der Waals surface area contributed by atoms with Crippen LogP contribution in [0.4, 0.5) is 0 Å². The number of hydrogen-bond acceptors (Lipinski definition) is 1. The van der Waals surface area contributed by atoms with Gasteiger partial charge in [-0.1, -0.05) is 48.8 Å². The monoisotopic (exact) mass is 286 g/mol. The summed E-state index contributed by atoms with van der Waals surface area (Å²) in [7, 11) is 0. The van der Waals surface area contributed by atoms with Crippen LogP contribution in [0.1, 0.15) is 19.0 Å². The van der Waals surface area contributed by atoms with E-state index in [1.807, 2.05) is 12.1 Å². The van der Waals surface area contributed by atoms with Gasteiger partial charge in [-0.3, -0.25) is 5.10 Å². The maximum absolute atomic E-state index is 6.15. The van der Waals surface area contributed by atoms with Crippen LogP contribution in [0, 0.1) is 4.64 Å². The summed E-state index contributed by atoms with van der Waals surface area (Å²) in [5.41, 5.74) is 1.94. The lowest BCUT2D eigenvalue weighted by Gasteiger charge is -2.06. The number of rotatable bonds is 3. The molecule has 90 valence electrons. The maximum atomic E-state index is 6.15. The lowest BCUT2D eigenvalue weighted by molar-refractivity contribution is 0.802. The zero-order valence-corrected chi connectivity index (χ0v) is 11.7. The number of benzene rings is 1. The van der Waals surface area contributed by atoms with E-state index >= 15 is 0 Å². The number of nitrogens with zero attached hydrogens (tertiary/aromatic N) is 1. The van der Waals surface area contributed by atoms with E-state index in [0.29, 0.717) is 10.0 Å². The quantitative estimate of drug-likeness (QED) is 0.805. The van der Waals surface area contributed by atoms with Crippen LogP contribution in [-0.4, -0.2) is 9.78 Å². The Morgan fingerprint density at radius 3 is 2.71 bits per heavy atom. The highest BCUT2D eigenvalue weighted by atomic mass is 35.5. The fourth-order valence-electron chi connectivity index (χ4n) is 1.68. The SMILES string of the molecule is CCCc1cc(=S)n(-c2ccc(Cl)cc2Cl)[nH]1. The topological polar surface area (TPSA) is 20.7 Å². The highest BCUT2D eigenvalue weighted by Crippen LogP contribution is 2.24. The lowest BCUT2D eigenvalue weighted by atomic mass is 10.3. The number of halogens is 2. The zero-order valence-electron chi connectivity index (χ0n) is 9.34. The van der Waals surface area contributed by atoms with Crippen molar-refractivity contribution >= 4 is 35.4 Å². The molecule has 2 aromatic rings. The number of hydrogen-bond donors (Lipinski definition) is 1. The molecule has 17 heavy (non-hydrogen) atoms. The molecule has 0 spiro atoms. The summed E-state index contributed by atoms with van der Waals surface area (Å²) in [6.45, 7) is 2.13. The Bertz CT molecular complexity index is 586. The molecule has 0 unspecified atom stereocenters. The van der Waals surface area contributed by atoms with Crippen molar-refractivity contribution in [3.8, 4) is 5.69 Å². The summed E-state index contributed by atoms with van der Waals surface area (Å²) in [4.78, 5) is 0. The molecule has 1 heterocycles. The van der Waals surface area contributed by atoms with Crippen molar-refractivity contribution in [3.63, 3.8) is 0 Å². The molecule has 0 atom stereocenters. The van der Waals surface area contributed by atoms with Gasteiger partial charge >= 0.3 is 0 Å². The predicted octanol–water partition coefficient (Wildman–Crippen LogP) is 4.79. The molecule has 0 aliphatic rings. The third-order valence-corrected chi connectivity index (χ3v) is 3.28. The van der Waals surface area contributed by atoms with E-state index in [2.05, 4.69) is 12.0 Å². The van der Waals surface area contributed by atoms with E-state index < -0.39 is 0 Å². The second-order valence-electron chi connectivity index (χ2n) is 3.80. The molecular formula is C12H12Cl2N2S. The number of H-pyrrole nitrogens is 1. The van der Waals surface area contributed by atoms with Gasteiger partial charge in [0, 0.05) is 10.7 Å². The molecule has 2 rings (SSSR count). The van der Waals surface area contributed by atoms with Crippen molar-refractivity contribution in [1.82, 2.24) is 9.78 Å². The van der Waals surface area contributed by atoms with E-state index in [0.717, 1.165) is 28.9 Å². The second-order valence-corrected chi connectivity index (χ2v) is 5.06. The van der Waals surface area contributed by atoms with Crippen LogP contribution < -0.4 is 0 Å². The highest BCUT2D eigenvalue weighted by molar-refractivity contribution is 7.71. The molecule has 0 fully saturated rings. The average molecular weight is 287 g/mol. The van der Waals surface area contributed by atoms with Crippen LogP contribution in [0.25, 0.3) is 5.69 Å². The Morgan fingerprint density at radius 1 is 1.29 bits per heavy atom. The van der Waals surface area contributed by atoms with Gasteiger partial charge < -0.3 is 0 Å². The van der Waals surface area contributed by atoms with E-state index in [9.17, 15) is 0 Å². The second kappa shape index (κ2) is 5.25. The first-order valence-corrected chi connectivity index (χ1v) is 6.54. The molecule has 1 N–H and O–H groups in total. The Morgan fingerprint density at radius 2 is 2.06 bits per heavy atom. The van der Waals surface area contributed by atoms with Crippen LogP contribution in [-0.2, 0) is 6.42 Å². The molecule has 0 saturated carbocycles. The molecule has 1 aromatic carbocycles. The van der Waals surface area contributed by atoms with Crippen LogP contribution in [0.15, 0.2) is 24.3 Å². The van der Waals surface area contributed by atoms with E-state index in [4.69, 9.17) is 35.4 Å². The first-order valence-electron chi connectivity index (χ1n) is 5.38. The molecule has 0 aliphatic heterocycles. The van der Waals surface area contributed by atoms with Crippen LogP contribution in [0.3, 0.4) is 0 Å². The molecule has 1 aromatic heterocycles. The third-order valence-electron chi connectivity index (χ3n) is 2.44. The smallest absolute Gasteiger partial charge is 0.128 e. The Hall–Kier alpha value is -0.770. The summed E-state index contributed by atoms with van der Waals surface area (Å²) < 4.78 is 2.52. The van der Waals surface area contributed by atoms with E-state index in [-0.39, 0.29) is 0 Å². The van der Waals surface area contributed by atoms with Gasteiger partial charge in [-0.25, -0.2) is 4.68 Å². The third kappa shape index (κ3) is 2.73. The molecular weight excluding hydrogens is 275 g/mol. The molecule has 0 saturated heterocycles. The fraction of sp³-hybridized carbons (Fsp3) is 0.250. The largest absolute Gasteiger partial charge is 0.297 e. The highest BCUT2D eigenvalue weighted by Gasteiger charge is 2.06. The molecule has 0 amide bonds. The van der Waals surface area contributed by atoms with Crippen molar-refractivity contribution in [2.24, 2.45) is 0 Å². The van der Waals surface area contributed by atoms with Crippen molar-refractivity contribution < 1.29 is 0 Å². The van der Waals surface area contributed by atoms with Gasteiger partial charge in [0.05, 0.1) is 10.7 Å². The molecule has 5 heteroatoms. The normalized spacial score (nSPS) is 10.8. The standard InChI is InChI=1S/C12H12Cl2N2S/c1-2-3-9-7-12(17)16(15-9)11-5-4-8(13)6-10(11)14/h4-7,15H,2-3H2,1H3. The van der Waals surface area contributed by atoms with Crippen molar-refractivity contribution in [2.75, 3.05) is 0 Å². The van der Waals surface area contributed by atoms with Crippen LogP contribution >= 0.6 is 35.4 Å². The predicted molar refractivity (Wildman–Crippen MR) is 75.0 cm³/mol. The van der Waals surface area contributed by atoms with Crippen molar-refractivity contribution in [3.05, 3.63) is 44.6 Å². The number of aromatic nitrogens is 2. The Labute approximate surface area is 115 Å². The minimum absolute atomic E-state index is 0.582. The Kier molecular flexibility index (Phi) is 3.92. The molecule has 0 aliphatic carbocycles. The summed E-state index contributed by atoms with van der Waals surface area (Å²) in [6.07, 6.45) is 2.05. The Balaban J connectivity index is 2.49. The summed E-state index contributed by atoms with van der Waals surface area (Å²) >= 11 is 17.3. The van der Waals surface area contributed by atoms with Gasteiger partial charge in [0.25, 0.3) is 0 Å². The van der Waals surface area contributed by atoms with Gasteiger partial charge in [-0.15, -0.1) is 0 Å². The van der Waals surface area contributed by atoms with E-state index in [1.54, 1.807) is 16.8 Å². The van der Waals surface area contributed by atoms with Gasteiger partial charge in [0.15, 0.2) is 0 Å². The summed E-state index contributed by atoms with van der Waals surface area (Å²) in [5, 5.41) is 4.44. The van der Waals surface area contributed by atoms with E-state index in [1.165, 1.54) is 0 Å². The zero-order chi connectivity index (χ0) is 12.4. The number of aromatic amines is 1. The van der Waals surface area contributed by atoms with Crippen LogP contribution in [0.2, 0.25) is 10.0 Å². The first kappa shape index (κ1) is 12.7. The molecule has 0 radical (unpaired) electrons. The summed E-state index contributed by atoms with van der Waals surface area (Å²) in [6, 6.07) is 7.32. The molecule has 0 bridgehead atoms. The van der Waals surface area contributed by atoms with Gasteiger partial charge in [-0.05, 0) is 30.7 Å². The van der Waals surface area contributed by atoms with Gasteiger partial charge in [0.2, 0.25) is 0 Å². The maximum Gasteiger partial charge on any atom is 0.128 e. The van der Waals surface area contributed by atoms with Gasteiger partial charge in [0.1, 0.15) is 4.64 Å². The minimum Gasteiger partial charge on any atom is -0.297 e.